The Labute approximate surface area is 204 Å². The van der Waals surface area contributed by atoms with Crippen molar-refractivity contribution in [3.8, 4) is 23.0 Å². The molecule has 8 nitrogen and oxygen atoms in total. The summed E-state index contributed by atoms with van der Waals surface area (Å²) in [5, 5.41) is 4.01. The molecule has 0 spiro atoms. The van der Waals surface area contributed by atoms with Crippen molar-refractivity contribution in [2.75, 3.05) is 20.3 Å². The van der Waals surface area contributed by atoms with E-state index in [4.69, 9.17) is 18.9 Å². The van der Waals surface area contributed by atoms with Crippen LogP contribution in [-0.2, 0) is 0 Å². The summed E-state index contributed by atoms with van der Waals surface area (Å²) in [4.78, 5) is 25.0. The Bertz CT molecular complexity index is 1170. The summed E-state index contributed by atoms with van der Waals surface area (Å²) in [6.45, 7) is 4.84. The molecular weight excluding hydrogens is 448 g/mol. The van der Waals surface area contributed by atoms with E-state index in [2.05, 4.69) is 10.5 Å². The van der Waals surface area contributed by atoms with Crippen LogP contribution < -0.4 is 24.4 Å². The third-order valence-corrected chi connectivity index (χ3v) is 4.76. The fourth-order valence-corrected chi connectivity index (χ4v) is 3.08. The fourth-order valence-electron chi connectivity index (χ4n) is 3.08. The van der Waals surface area contributed by atoms with Crippen molar-refractivity contribution in [1.29, 1.82) is 0 Å². The first kappa shape index (κ1) is 25.3. The van der Waals surface area contributed by atoms with Crippen molar-refractivity contribution in [1.82, 2.24) is 5.43 Å². The summed E-state index contributed by atoms with van der Waals surface area (Å²) < 4.78 is 21.9. The smallest absolute Gasteiger partial charge is 0.343 e. The highest BCUT2D eigenvalue weighted by molar-refractivity contribution is 5.97. The van der Waals surface area contributed by atoms with Gasteiger partial charge in [0.15, 0.2) is 11.5 Å². The molecule has 0 fully saturated rings. The van der Waals surface area contributed by atoms with Gasteiger partial charge in [0.25, 0.3) is 5.91 Å². The maximum absolute atomic E-state index is 12.6. The molecule has 0 aliphatic carbocycles. The zero-order valence-electron chi connectivity index (χ0n) is 19.9. The van der Waals surface area contributed by atoms with E-state index in [1.165, 1.54) is 13.3 Å². The average molecular weight is 477 g/mol. The van der Waals surface area contributed by atoms with Gasteiger partial charge in [0.1, 0.15) is 11.5 Å². The summed E-state index contributed by atoms with van der Waals surface area (Å²) >= 11 is 0. The maximum Gasteiger partial charge on any atom is 0.343 e. The summed E-state index contributed by atoms with van der Waals surface area (Å²) in [5.74, 6) is 0.883. The van der Waals surface area contributed by atoms with Gasteiger partial charge in [-0.05, 0) is 73.5 Å². The number of ether oxygens (including phenoxy) is 4. The van der Waals surface area contributed by atoms with Crippen molar-refractivity contribution in [3.05, 3.63) is 83.4 Å². The van der Waals surface area contributed by atoms with Gasteiger partial charge in [0.2, 0.25) is 0 Å². The Hall–Kier alpha value is -4.33. The van der Waals surface area contributed by atoms with E-state index in [0.717, 1.165) is 6.42 Å². The number of para-hydroxylation sites is 1. The zero-order chi connectivity index (χ0) is 25.0. The molecule has 8 heteroatoms. The van der Waals surface area contributed by atoms with Crippen LogP contribution in [0.2, 0.25) is 0 Å². The average Bonchev–Trinajstić information content (AvgIpc) is 2.89. The van der Waals surface area contributed by atoms with Crippen LogP contribution in [0.25, 0.3) is 0 Å². The second kappa shape index (κ2) is 12.8. The van der Waals surface area contributed by atoms with Crippen molar-refractivity contribution in [3.63, 3.8) is 0 Å². The van der Waals surface area contributed by atoms with Crippen molar-refractivity contribution in [2.24, 2.45) is 5.10 Å². The van der Waals surface area contributed by atoms with Crippen molar-refractivity contribution in [2.45, 2.75) is 20.3 Å². The molecule has 0 saturated heterocycles. The van der Waals surface area contributed by atoms with Gasteiger partial charge < -0.3 is 18.9 Å². The minimum atomic E-state index is -0.515. The molecule has 0 aromatic heterocycles. The minimum Gasteiger partial charge on any atom is -0.496 e. The van der Waals surface area contributed by atoms with Crippen LogP contribution >= 0.6 is 0 Å². The molecule has 0 saturated carbocycles. The van der Waals surface area contributed by atoms with Gasteiger partial charge in [-0.1, -0.05) is 19.1 Å². The standard InChI is InChI=1S/C27H28N2O6/c1-4-16-34-21-13-11-20(12-14-21)27(31)35-24-15-10-19(17-25(24)33-5-2)18-28-29-26(30)22-8-6-7-9-23(22)32-3/h6-15,17-18H,4-5,16H2,1-3H3,(H,29,30)/b28-18-. The van der Waals surface area contributed by atoms with E-state index in [1.807, 2.05) is 13.8 Å². The number of nitrogens with zero attached hydrogens (tertiary/aromatic N) is 1. The molecule has 0 atom stereocenters. The number of rotatable bonds is 11. The Kier molecular flexibility index (Phi) is 9.24. The van der Waals surface area contributed by atoms with Crippen molar-refractivity contribution >= 4 is 18.1 Å². The molecule has 0 aliphatic heterocycles. The number of benzene rings is 3. The van der Waals surface area contributed by atoms with E-state index >= 15 is 0 Å². The number of amides is 1. The number of carbonyl (C=O) groups is 2. The van der Waals surface area contributed by atoms with E-state index < -0.39 is 11.9 Å². The van der Waals surface area contributed by atoms with E-state index in [9.17, 15) is 9.59 Å². The molecule has 0 bridgehead atoms. The first-order chi connectivity index (χ1) is 17.0. The maximum atomic E-state index is 12.6. The molecule has 0 heterocycles. The highest BCUT2D eigenvalue weighted by Crippen LogP contribution is 2.29. The van der Waals surface area contributed by atoms with Crippen LogP contribution in [0.15, 0.2) is 71.8 Å². The molecular formula is C27H28N2O6. The van der Waals surface area contributed by atoms with Gasteiger partial charge >= 0.3 is 5.97 Å². The summed E-state index contributed by atoms with van der Waals surface area (Å²) in [7, 11) is 1.50. The lowest BCUT2D eigenvalue weighted by Crippen LogP contribution is -2.18. The molecule has 3 rings (SSSR count). The number of methoxy groups -OCH3 is 1. The second-order valence-corrected chi connectivity index (χ2v) is 7.30. The molecule has 1 N–H and O–H groups in total. The number of nitrogens with one attached hydrogen (secondary N) is 1. The van der Waals surface area contributed by atoms with Crippen LogP contribution in [-0.4, -0.2) is 38.4 Å². The fraction of sp³-hybridized carbons (Fsp3) is 0.222. The zero-order valence-corrected chi connectivity index (χ0v) is 19.9. The summed E-state index contributed by atoms with van der Waals surface area (Å²) in [6, 6.07) is 18.6. The number of hydrogen-bond acceptors (Lipinski definition) is 7. The Morgan fingerprint density at radius 3 is 2.40 bits per heavy atom. The molecule has 182 valence electrons. The van der Waals surface area contributed by atoms with Crippen molar-refractivity contribution < 1.29 is 28.5 Å². The minimum absolute atomic E-state index is 0.276. The first-order valence-electron chi connectivity index (χ1n) is 11.2. The number of hydrogen-bond donors (Lipinski definition) is 1. The number of hydrazone groups is 1. The normalized spacial score (nSPS) is 10.6. The Morgan fingerprint density at radius 1 is 0.914 bits per heavy atom. The molecule has 0 unspecified atom stereocenters. The predicted octanol–water partition coefficient (Wildman–Crippen LogP) is 4.87. The Morgan fingerprint density at radius 2 is 1.69 bits per heavy atom. The highest BCUT2D eigenvalue weighted by Gasteiger charge is 2.14. The van der Waals surface area contributed by atoms with Crippen LogP contribution in [0.3, 0.4) is 0 Å². The van der Waals surface area contributed by atoms with Gasteiger partial charge in [-0.25, -0.2) is 10.2 Å². The quantitative estimate of drug-likeness (QED) is 0.184. The van der Waals surface area contributed by atoms with E-state index in [-0.39, 0.29) is 5.75 Å². The molecule has 0 aliphatic rings. The van der Waals surface area contributed by atoms with Crippen LogP contribution in [0.5, 0.6) is 23.0 Å². The lowest BCUT2D eigenvalue weighted by atomic mass is 10.2. The van der Waals surface area contributed by atoms with Gasteiger partial charge in [-0.3, -0.25) is 4.79 Å². The molecule has 3 aromatic rings. The molecule has 3 aromatic carbocycles. The summed E-state index contributed by atoms with van der Waals surface area (Å²) in [6.07, 6.45) is 2.37. The second-order valence-electron chi connectivity index (χ2n) is 7.30. The summed E-state index contributed by atoms with van der Waals surface area (Å²) in [5.41, 5.74) is 3.88. The van der Waals surface area contributed by atoms with Crippen LogP contribution in [0, 0.1) is 0 Å². The number of esters is 1. The third-order valence-electron chi connectivity index (χ3n) is 4.76. The predicted molar refractivity (Wildman–Crippen MR) is 133 cm³/mol. The first-order valence-corrected chi connectivity index (χ1v) is 11.2. The Balaban J connectivity index is 1.67. The van der Waals surface area contributed by atoms with E-state index in [0.29, 0.717) is 47.2 Å². The van der Waals surface area contributed by atoms with Gasteiger partial charge in [-0.15, -0.1) is 0 Å². The van der Waals surface area contributed by atoms with Crippen LogP contribution in [0.1, 0.15) is 46.5 Å². The molecule has 1 amide bonds. The van der Waals surface area contributed by atoms with Crippen LogP contribution in [0.4, 0.5) is 0 Å². The lowest BCUT2D eigenvalue weighted by molar-refractivity contribution is 0.0728. The lowest BCUT2D eigenvalue weighted by Gasteiger charge is -2.12. The largest absolute Gasteiger partial charge is 0.496 e. The highest BCUT2D eigenvalue weighted by atomic mass is 16.6. The molecule has 0 radical (unpaired) electrons. The monoisotopic (exact) mass is 476 g/mol. The van der Waals surface area contributed by atoms with E-state index in [1.54, 1.807) is 66.7 Å². The third kappa shape index (κ3) is 7.07. The SMILES string of the molecule is CCCOc1ccc(C(=O)Oc2ccc(/C=N\NC(=O)c3ccccc3OC)cc2OCC)cc1. The van der Waals surface area contributed by atoms with Gasteiger partial charge in [0, 0.05) is 0 Å². The number of carbonyl (C=O) groups excluding carboxylic acids is 2. The van der Waals surface area contributed by atoms with Gasteiger partial charge in [0.05, 0.1) is 37.7 Å². The molecule has 35 heavy (non-hydrogen) atoms. The van der Waals surface area contributed by atoms with Gasteiger partial charge in [-0.2, -0.15) is 5.10 Å². The topological polar surface area (TPSA) is 95.5 Å².